The molecule has 0 atom stereocenters. The van der Waals surface area contributed by atoms with E-state index in [9.17, 15) is 4.79 Å². The summed E-state index contributed by atoms with van der Waals surface area (Å²) < 4.78 is 0. The van der Waals surface area contributed by atoms with Gasteiger partial charge < -0.3 is 4.98 Å². The zero-order chi connectivity index (χ0) is 12.5. The first-order valence-electron chi connectivity index (χ1n) is 5.93. The van der Waals surface area contributed by atoms with E-state index in [1.165, 1.54) is 0 Å². The topological polar surface area (TPSA) is 32.9 Å². The van der Waals surface area contributed by atoms with Gasteiger partial charge in [0.1, 0.15) is 0 Å². The smallest absolute Gasteiger partial charge is 0.256 e. The highest BCUT2D eigenvalue weighted by Gasteiger charge is 2.03. The molecule has 0 aliphatic rings. The summed E-state index contributed by atoms with van der Waals surface area (Å²) in [5.74, 6) is 0. The first kappa shape index (κ1) is 10.8. The minimum atomic E-state index is -0.0252. The molecule has 2 heteroatoms. The maximum Gasteiger partial charge on any atom is 0.256 e. The molecule has 0 radical (unpaired) electrons. The van der Waals surface area contributed by atoms with Gasteiger partial charge in [0.05, 0.1) is 0 Å². The first-order valence-corrected chi connectivity index (χ1v) is 5.93. The zero-order valence-corrected chi connectivity index (χ0v) is 10.1. The summed E-state index contributed by atoms with van der Waals surface area (Å²) in [4.78, 5) is 14.8. The van der Waals surface area contributed by atoms with Gasteiger partial charge in [-0.1, -0.05) is 42.5 Å². The number of nitrogens with one attached hydrogen (secondary N) is 1. The van der Waals surface area contributed by atoms with E-state index >= 15 is 0 Å². The molecule has 0 saturated heterocycles. The fraction of sp³-hybridized carbons (Fsp3) is 0.0625. The number of fused-ring (bicyclic) bond motifs is 1. The number of aryl methyl sites for hydroxylation is 1. The van der Waals surface area contributed by atoms with Crippen LogP contribution in [0.15, 0.2) is 59.4 Å². The van der Waals surface area contributed by atoms with E-state index in [1.807, 2.05) is 55.5 Å². The van der Waals surface area contributed by atoms with Crippen molar-refractivity contribution >= 4 is 10.8 Å². The molecular formula is C16H13NO. The predicted octanol–water partition coefficient (Wildman–Crippen LogP) is 3.50. The summed E-state index contributed by atoms with van der Waals surface area (Å²) >= 11 is 0. The standard InChI is InChI=1S/C16H13NO/c1-11-9-14-8-7-13(10-15(14)16(18)17-11)12-5-3-2-4-6-12/h2-10H,1H3,(H,17,18). The van der Waals surface area contributed by atoms with Crippen LogP contribution in [0.2, 0.25) is 0 Å². The highest BCUT2D eigenvalue weighted by Crippen LogP contribution is 2.22. The van der Waals surface area contributed by atoms with Gasteiger partial charge in [-0.2, -0.15) is 0 Å². The van der Waals surface area contributed by atoms with Crippen LogP contribution in [-0.2, 0) is 0 Å². The number of hydrogen-bond donors (Lipinski definition) is 1. The molecule has 2 nitrogen and oxygen atoms in total. The molecule has 0 unspecified atom stereocenters. The van der Waals surface area contributed by atoms with Crippen LogP contribution >= 0.6 is 0 Å². The van der Waals surface area contributed by atoms with Crippen LogP contribution in [0.1, 0.15) is 5.69 Å². The molecule has 1 N–H and O–H groups in total. The first-order chi connectivity index (χ1) is 8.74. The summed E-state index contributed by atoms with van der Waals surface area (Å²) in [6.45, 7) is 1.89. The summed E-state index contributed by atoms with van der Waals surface area (Å²) in [6, 6.07) is 18.1. The van der Waals surface area contributed by atoms with Crippen LogP contribution in [-0.4, -0.2) is 4.98 Å². The molecule has 88 valence electrons. The SMILES string of the molecule is Cc1cc2ccc(-c3ccccc3)cc2c(=O)[nH]1. The molecule has 0 aliphatic heterocycles. The molecule has 1 aromatic heterocycles. The average Bonchev–Trinajstić information content (AvgIpc) is 2.39. The summed E-state index contributed by atoms with van der Waals surface area (Å²) in [6.07, 6.45) is 0. The normalized spacial score (nSPS) is 10.7. The van der Waals surface area contributed by atoms with Crippen molar-refractivity contribution in [2.45, 2.75) is 6.92 Å². The van der Waals surface area contributed by atoms with E-state index in [0.717, 1.165) is 27.6 Å². The molecular weight excluding hydrogens is 222 g/mol. The van der Waals surface area contributed by atoms with Crippen LogP contribution in [0.25, 0.3) is 21.9 Å². The lowest BCUT2D eigenvalue weighted by molar-refractivity contribution is 1.17. The van der Waals surface area contributed by atoms with Crippen molar-refractivity contribution in [1.29, 1.82) is 0 Å². The molecule has 2 aromatic carbocycles. The quantitative estimate of drug-likeness (QED) is 0.688. The number of rotatable bonds is 1. The molecule has 1 heterocycles. The molecule has 0 amide bonds. The number of pyridine rings is 1. The maximum atomic E-state index is 11.9. The van der Waals surface area contributed by atoms with Crippen LogP contribution < -0.4 is 5.56 Å². The second kappa shape index (κ2) is 4.15. The summed E-state index contributed by atoms with van der Waals surface area (Å²) in [5, 5.41) is 1.72. The third-order valence-corrected chi connectivity index (χ3v) is 3.09. The minimum Gasteiger partial charge on any atom is -0.326 e. The Bertz CT molecular complexity index is 757. The van der Waals surface area contributed by atoms with E-state index in [0.29, 0.717) is 0 Å². The second-order valence-corrected chi connectivity index (χ2v) is 4.45. The third kappa shape index (κ3) is 1.82. The Morgan fingerprint density at radius 3 is 2.44 bits per heavy atom. The lowest BCUT2D eigenvalue weighted by Crippen LogP contribution is -2.07. The second-order valence-electron chi connectivity index (χ2n) is 4.45. The highest BCUT2D eigenvalue weighted by molar-refractivity contribution is 5.86. The molecule has 0 aliphatic carbocycles. The van der Waals surface area contributed by atoms with Gasteiger partial charge in [-0.3, -0.25) is 4.79 Å². The maximum absolute atomic E-state index is 11.9. The van der Waals surface area contributed by atoms with Crippen molar-refractivity contribution < 1.29 is 0 Å². The van der Waals surface area contributed by atoms with Gasteiger partial charge in [0, 0.05) is 11.1 Å². The monoisotopic (exact) mass is 235 g/mol. The molecule has 18 heavy (non-hydrogen) atoms. The van der Waals surface area contributed by atoms with Crippen LogP contribution in [0.3, 0.4) is 0 Å². The zero-order valence-electron chi connectivity index (χ0n) is 10.1. The van der Waals surface area contributed by atoms with Crippen LogP contribution in [0, 0.1) is 6.92 Å². The molecule has 0 spiro atoms. The fourth-order valence-electron chi connectivity index (χ4n) is 2.20. The van der Waals surface area contributed by atoms with E-state index in [4.69, 9.17) is 0 Å². The van der Waals surface area contributed by atoms with Gasteiger partial charge in [-0.15, -0.1) is 0 Å². The fourth-order valence-corrected chi connectivity index (χ4v) is 2.20. The average molecular weight is 235 g/mol. The number of H-pyrrole nitrogens is 1. The lowest BCUT2D eigenvalue weighted by Gasteiger charge is -2.04. The largest absolute Gasteiger partial charge is 0.326 e. The Labute approximate surface area is 105 Å². The van der Waals surface area contributed by atoms with Gasteiger partial charge in [-0.05, 0) is 35.6 Å². The third-order valence-electron chi connectivity index (χ3n) is 3.09. The lowest BCUT2D eigenvalue weighted by atomic mass is 10.0. The van der Waals surface area contributed by atoms with E-state index in [-0.39, 0.29) is 5.56 Å². The molecule has 0 fully saturated rings. The molecule has 3 rings (SSSR count). The number of aromatic nitrogens is 1. The van der Waals surface area contributed by atoms with E-state index in [2.05, 4.69) is 11.1 Å². The van der Waals surface area contributed by atoms with E-state index < -0.39 is 0 Å². The molecule has 0 saturated carbocycles. The van der Waals surface area contributed by atoms with Crippen molar-refractivity contribution in [2.75, 3.05) is 0 Å². The Balaban J connectivity index is 2.27. The molecule has 0 bridgehead atoms. The van der Waals surface area contributed by atoms with Crippen molar-refractivity contribution in [3.05, 3.63) is 70.6 Å². The van der Waals surface area contributed by atoms with Gasteiger partial charge in [0.25, 0.3) is 5.56 Å². The number of hydrogen-bond acceptors (Lipinski definition) is 1. The number of aromatic amines is 1. The van der Waals surface area contributed by atoms with Crippen molar-refractivity contribution in [3.63, 3.8) is 0 Å². The van der Waals surface area contributed by atoms with Crippen LogP contribution in [0.5, 0.6) is 0 Å². The Morgan fingerprint density at radius 2 is 1.67 bits per heavy atom. The Kier molecular flexibility index (Phi) is 2.49. The van der Waals surface area contributed by atoms with Crippen molar-refractivity contribution in [1.82, 2.24) is 4.98 Å². The van der Waals surface area contributed by atoms with Crippen molar-refractivity contribution in [3.8, 4) is 11.1 Å². The Hall–Kier alpha value is -2.35. The predicted molar refractivity (Wildman–Crippen MR) is 74.7 cm³/mol. The van der Waals surface area contributed by atoms with Gasteiger partial charge in [-0.25, -0.2) is 0 Å². The van der Waals surface area contributed by atoms with Gasteiger partial charge in [0.2, 0.25) is 0 Å². The van der Waals surface area contributed by atoms with Crippen LogP contribution in [0.4, 0.5) is 0 Å². The Morgan fingerprint density at radius 1 is 0.889 bits per heavy atom. The van der Waals surface area contributed by atoms with Gasteiger partial charge in [0.15, 0.2) is 0 Å². The summed E-state index contributed by atoms with van der Waals surface area (Å²) in [5.41, 5.74) is 3.06. The molecule has 3 aromatic rings. The number of benzene rings is 2. The highest BCUT2D eigenvalue weighted by atomic mass is 16.1. The van der Waals surface area contributed by atoms with Gasteiger partial charge >= 0.3 is 0 Å². The minimum absolute atomic E-state index is 0.0252. The van der Waals surface area contributed by atoms with E-state index in [1.54, 1.807) is 0 Å². The van der Waals surface area contributed by atoms with Crippen molar-refractivity contribution in [2.24, 2.45) is 0 Å². The summed E-state index contributed by atoms with van der Waals surface area (Å²) in [7, 11) is 0.